The molecule has 0 atom stereocenters. The summed E-state index contributed by atoms with van der Waals surface area (Å²) in [6, 6.07) is 16.8. The Balaban J connectivity index is 1.49. The molecule has 0 spiro atoms. The monoisotopic (exact) mass is 552 g/mol. The van der Waals surface area contributed by atoms with Crippen LogP contribution in [0.2, 0.25) is 5.02 Å². The molecule has 0 unspecified atom stereocenters. The van der Waals surface area contributed by atoms with Gasteiger partial charge in [-0.15, -0.1) is 0 Å². The van der Waals surface area contributed by atoms with Crippen molar-refractivity contribution in [1.29, 1.82) is 0 Å². The highest BCUT2D eigenvalue weighted by atomic mass is 35.5. The number of sulfonamides is 1. The molecule has 1 heterocycles. The molecular formula is C29H29ClN2O5S. The van der Waals surface area contributed by atoms with Crippen LogP contribution in [0, 0.1) is 13.8 Å². The molecule has 0 amide bonds. The number of nitrogens with one attached hydrogen (secondary N) is 1. The number of para-hydroxylation sites is 1. The number of anilines is 2. The van der Waals surface area contributed by atoms with Gasteiger partial charge in [0.2, 0.25) is 0 Å². The predicted molar refractivity (Wildman–Crippen MR) is 149 cm³/mol. The molecule has 0 radical (unpaired) electrons. The van der Waals surface area contributed by atoms with E-state index >= 15 is 0 Å². The molecule has 3 aromatic carbocycles. The summed E-state index contributed by atoms with van der Waals surface area (Å²) >= 11 is 6.18. The van der Waals surface area contributed by atoms with Crippen LogP contribution >= 0.6 is 11.6 Å². The van der Waals surface area contributed by atoms with Crippen molar-refractivity contribution >= 4 is 44.8 Å². The van der Waals surface area contributed by atoms with E-state index in [0.717, 1.165) is 34.1 Å². The number of esters is 1. The number of benzene rings is 3. The second kappa shape index (κ2) is 10.3. The number of allylic oxidation sites excluding steroid dienone is 1. The average Bonchev–Trinajstić information content (AvgIpc) is 3.05. The number of nitrogens with zero attached hydrogens (tertiary/aromatic N) is 1. The Labute approximate surface area is 228 Å². The van der Waals surface area contributed by atoms with Crippen molar-refractivity contribution < 1.29 is 22.7 Å². The minimum atomic E-state index is -4.01. The molecule has 0 fully saturated rings. The number of fused-ring (bicyclic) bond motifs is 1. The van der Waals surface area contributed by atoms with Crippen molar-refractivity contribution in [2.45, 2.75) is 38.0 Å². The standard InChI is InChI=1S/C29H29ClN2O5S/c1-18-10-11-20(14-19(18)2)31-38(35,36)22-12-13-25(30)23(16-22)28(34)37-17-21(33)15-27-29(3,4)24-8-6-7-9-26(24)32(27)5/h6-16,31H,17H2,1-5H3. The van der Waals surface area contributed by atoms with E-state index in [1.165, 1.54) is 18.2 Å². The third-order valence-corrected chi connectivity index (χ3v) is 8.52. The number of carbonyl (C=O) groups is 2. The highest BCUT2D eigenvalue weighted by Crippen LogP contribution is 2.46. The lowest BCUT2D eigenvalue weighted by Crippen LogP contribution is -2.25. The molecule has 4 rings (SSSR count). The lowest BCUT2D eigenvalue weighted by molar-refractivity contribution is -0.117. The van der Waals surface area contributed by atoms with Gasteiger partial charge < -0.3 is 9.64 Å². The first kappa shape index (κ1) is 27.4. The quantitative estimate of drug-likeness (QED) is 0.294. The van der Waals surface area contributed by atoms with Gasteiger partial charge in [0, 0.05) is 35.6 Å². The van der Waals surface area contributed by atoms with Gasteiger partial charge >= 0.3 is 5.97 Å². The zero-order valence-corrected chi connectivity index (χ0v) is 23.4. The molecular weight excluding hydrogens is 524 g/mol. The predicted octanol–water partition coefficient (Wildman–Crippen LogP) is 5.80. The van der Waals surface area contributed by atoms with E-state index in [1.54, 1.807) is 12.1 Å². The third kappa shape index (κ3) is 5.33. The van der Waals surface area contributed by atoms with Gasteiger partial charge in [-0.1, -0.05) is 49.7 Å². The van der Waals surface area contributed by atoms with Gasteiger partial charge in [0.05, 0.1) is 15.5 Å². The maximum atomic E-state index is 13.0. The Kier molecular flexibility index (Phi) is 7.41. The largest absolute Gasteiger partial charge is 0.454 e. The first-order chi connectivity index (χ1) is 17.8. The SMILES string of the molecule is Cc1ccc(NS(=O)(=O)c2ccc(Cl)c(C(=O)OCC(=O)C=C3N(C)c4ccccc4C3(C)C)c2)cc1C. The Hall–Kier alpha value is -3.62. The van der Waals surface area contributed by atoms with Crippen LogP contribution in [-0.4, -0.2) is 33.8 Å². The van der Waals surface area contributed by atoms with Crippen LogP contribution in [0.15, 0.2) is 77.3 Å². The first-order valence-corrected chi connectivity index (χ1v) is 13.8. The van der Waals surface area contributed by atoms with Gasteiger partial charge in [0.25, 0.3) is 10.0 Å². The third-order valence-electron chi connectivity index (χ3n) is 6.81. The molecule has 0 bridgehead atoms. The molecule has 0 aliphatic carbocycles. The number of rotatable bonds is 7. The number of halogens is 1. The summed E-state index contributed by atoms with van der Waals surface area (Å²) in [5, 5.41) is 0.0121. The van der Waals surface area contributed by atoms with Gasteiger partial charge in [0.15, 0.2) is 12.4 Å². The Morgan fingerprint density at radius 2 is 1.74 bits per heavy atom. The van der Waals surface area contributed by atoms with E-state index < -0.39 is 33.8 Å². The minimum Gasteiger partial charge on any atom is -0.454 e. The Morgan fingerprint density at radius 3 is 2.42 bits per heavy atom. The number of ether oxygens (including phenoxy) is 1. The summed E-state index contributed by atoms with van der Waals surface area (Å²) in [6.45, 7) is 7.34. The fourth-order valence-corrected chi connectivity index (χ4v) is 5.78. The van der Waals surface area contributed by atoms with Gasteiger partial charge in [-0.2, -0.15) is 0 Å². The van der Waals surface area contributed by atoms with E-state index in [-0.39, 0.29) is 15.5 Å². The number of hydrogen-bond acceptors (Lipinski definition) is 6. The van der Waals surface area contributed by atoms with Crippen LogP contribution in [0.25, 0.3) is 0 Å². The maximum Gasteiger partial charge on any atom is 0.340 e. The fraction of sp³-hybridized carbons (Fsp3) is 0.241. The molecule has 0 aromatic heterocycles. The van der Waals surface area contributed by atoms with Gasteiger partial charge in [-0.05, 0) is 66.9 Å². The zero-order valence-electron chi connectivity index (χ0n) is 21.8. The van der Waals surface area contributed by atoms with E-state index in [9.17, 15) is 18.0 Å². The number of hydrogen-bond donors (Lipinski definition) is 1. The highest BCUT2D eigenvalue weighted by Gasteiger charge is 2.38. The maximum absolute atomic E-state index is 13.0. The van der Waals surface area contributed by atoms with Crippen LogP contribution in [0.4, 0.5) is 11.4 Å². The van der Waals surface area contributed by atoms with Crippen LogP contribution in [-0.2, 0) is 25.0 Å². The molecule has 198 valence electrons. The molecule has 0 saturated heterocycles. The van der Waals surface area contributed by atoms with Crippen molar-refractivity contribution in [1.82, 2.24) is 0 Å². The normalized spacial score (nSPS) is 15.3. The second-order valence-electron chi connectivity index (χ2n) is 9.82. The van der Waals surface area contributed by atoms with Crippen molar-refractivity contribution in [2.75, 3.05) is 23.3 Å². The molecule has 0 saturated carbocycles. The number of ketones is 1. The molecule has 1 aliphatic heterocycles. The summed E-state index contributed by atoms with van der Waals surface area (Å²) in [7, 11) is -2.12. The van der Waals surface area contributed by atoms with Crippen molar-refractivity contribution in [2.24, 2.45) is 0 Å². The minimum absolute atomic E-state index is 0.0121. The zero-order chi connectivity index (χ0) is 27.8. The first-order valence-electron chi connectivity index (χ1n) is 12.0. The van der Waals surface area contributed by atoms with Crippen molar-refractivity contribution in [3.8, 4) is 0 Å². The molecule has 1 aliphatic rings. The fourth-order valence-electron chi connectivity index (χ4n) is 4.51. The van der Waals surface area contributed by atoms with E-state index in [4.69, 9.17) is 16.3 Å². The molecule has 3 aromatic rings. The van der Waals surface area contributed by atoms with Crippen molar-refractivity contribution in [3.63, 3.8) is 0 Å². The van der Waals surface area contributed by atoms with E-state index in [0.29, 0.717) is 5.69 Å². The summed E-state index contributed by atoms with van der Waals surface area (Å²) in [5.74, 6) is -1.30. The van der Waals surface area contributed by atoms with Gasteiger partial charge in [-0.25, -0.2) is 13.2 Å². The summed E-state index contributed by atoms with van der Waals surface area (Å²) in [4.78, 5) is 27.3. The lowest BCUT2D eigenvalue weighted by Gasteiger charge is -2.23. The molecule has 7 nitrogen and oxygen atoms in total. The second-order valence-corrected chi connectivity index (χ2v) is 11.9. The summed E-state index contributed by atoms with van der Waals surface area (Å²) in [6.07, 6.45) is 1.48. The summed E-state index contributed by atoms with van der Waals surface area (Å²) in [5.41, 5.74) is 4.69. The smallest absolute Gasteiger partial charge is 0.340 e. The average molecular weight is 553 g/mol. The van der Waals surface area contributed by atoms with Gasteiger partial charge in [0.1, 0.15) is 0 Å². The highest BCUT2D eigenvalue weighted by molar-refractivity contribution is 7.92. The van der Waals surface area contributed by atoms with E-state index in [2.05, 4.69) is 4.72 Å². The number of likely N-dealkylation sites (N-methyl/N-ethyl adjacent to an activating group) is 1. The molecule has 9 heteroatoms. The van der Waals surface area contributed by atoms with Crippen LogP contribution in [0.5, 0.6) is 0 Å². The lowest BCUT2D eigenvalue weighted by atomic mass is 9.83. The van der Waals surface area contributed by atoms with Crippen LogP contribution in [0.1, 0.15) is 40.9 Å². The van der Waals surface area contributed by atoms with Gasteiger partial charge in [-0.3, -0.25) is 9.52 Å². The van der Waals surface area contributed by atoms with Crippen LogP contribution in [0.3, 0.4) is 0 Å². The summed E-state index contributed by atoms with van der Waals surface area (Å²) < 4.78 is 33.6. The van der Waals surface area contributed by atoms with Crippen molar-refractivity contribution in [3.05, 3.63) is 99.7 Å². The molecule has 38 heavy (non-hydrogen) atoms. The van der Waals surface area contributed by atoms with E-state index in [1.807, 2.05) is 70.0 Å². The number of carbonyl (C=O) groups excluding carboxylic acids is 2. The Bertz CT molecular complexity index is 1580. The van der Waals surface area contributed by atoms with Crippen LogP contribution < -0.4 is 9.62 Å². The number of aryl methyl sites for hydroxylation is 2. The topological polar surface area (TPSA) is 92.8 Å². The Morgan fingerprint density at radius 1 is 1.03 bits per heavy atom. The molecule has 1 N–H and O–H groups in total.